The van der Waals surface area contributed by atoms with Gasteiger partial charge in [0.2, 0.25) is 0 Å². The summed E-state index contributed by atoms with van der Waals surface area (Å²) in [6, 6.07) is 0. The monoisotopic (exact) mass is 413 g/mol. The molecule has 19 valence electrons. The summed E-state index contributed by atoms with van der Waals surface area (Å²) in [7, 11) is 0. The van der Waals surface area contributed by atoms with E-state index in [1.54, 1.807) is 0 Å². The molecule has 0 N–H and O–H groups in total. The van der Waals surface area contributed by atoms with E-state index in [9.17, 15) is 0 Å². The number of hydrogen-bond acceptors (Lipinski definition) is 1. The Morgan fingerprint density at radius 2 is 1.25 bits per heavy atom. The molecule has 0 saturated heterocycles. The Morgan fingerprint density at radius 1 is 1.25 bits per heavy atom. The average Bonchev–Trinajstić information content (AvgIpc) is 1.00. The molecule has 0 bridgehead atoms. The summed E-state index contributed by atoms with van der Waals surface area (Å²) in [4.78, 5) is 0. The summed E-state index contributed by atoms with van der Waals surface area (Å²) in [5.74, 6) is 0. The Bertz CT molecular complexity index is 8.00. The van der Waals surface area contributed by atoms with Gasteiger partial charge in [0.15, 0.2) is 0 Å². The van der Waals surface area contributed by atoms with Gasteiger partial charge in [-0.1, -0.05) is 0 Å². The minimum atomic E-state index is 0. The Labute approximate surface area is 84.8 Å². The first-order chi connectivity index (χ1) is 1.00. The molecule has 0 aromatic heterocycles. The topological polar surface area (TPSA) is 17.1 Å². The van der Waals surface area contributed by atoms with E-state index in [0.29, 0.717) is 0 Å². The second-order valence-corrected chi connectivity index (χ2v) is 0. The van der Waals surface area contributed by atoms with Crippen LogP contribution in [-0.4, -0.2) is 27.3 Å². The third-order valence-corrected chi connectivity index (χ3v) is 0. The van der Waals surface area contributed by atoms with Gasteiger partial charge >= 0.3 is 51.0 Å². The predicted octanol–water partition coefficient (Wildman–Crippen LogP) is -1.04. The fourth-order valence-electron chi connectivity index (χ4n) is 0. The van der Waals surface area contributed by atoms with Gasteiger partial charge in [0, 0.05) is 35.6 Å². The van der Waals surface area contributed by atoms with Gasteiger partial charge in [0.1, 0.15) is 0 Å². The molecule has 0 aromatic carbocycles. The minimum absolute atomic E-state index is 0. The second-order valence-electron chi connectivity index (χ2n) is 0. The van der Waals surface area contributed by atoms with Gasteiger partial charge in [0.25, 0.3) is 0 Å². The molecule has 0 saturated carbocycles. The van der Waals surface area contributed by atoms with Gasteiger partial charge in [-0.25, -0.2) is 0 Å². The normalized spacial score (nSPS) is 0.750. The summed E-state index contributed by atoms with van der Waals surface area (Å²) < 4.78 is 8.25. The van der Waals surface area contributed by atoms with Crippen molar-refractivity contribution >= 4 is 27.3 Å². The maximum absolute atomic E-state index is 8.25. The van der Waals surface area contributed by atoms with E-state index in [2.05, 4.69) is 0 Å². The zero-order valence-electron chi connectivity index (χ0n) is 2.19. The summed E-state index contributed by atoms with van der Waals surface area (Å²) in [6.45, 7) is 0. The van der Waals surface area contributed by atoms with Crippen LogP contribution < -0.4 is 0 Å². The van der Waals surface area contributed by atoms with Crippen LogP contribution in [0.4, 0.5) is 0 Å². The van der Waals surface area contributed by atoms with E-state index in [0.717, 1.165) is 20.4 Å². The number of hydrogen-bond donors (Lipinski definition) is 0. The molecule has 0 aromatic rings. The van der Waals surface area contributed by atoms with Gasteiger partial charge in [-0.15, -0.1) is 0 Å². The van der Waals surface area contributed by atoms with E-state index in [1.165, 1.54) is 0 Å². The fraction of sp³-hybridized carbons (Fsp3) is 0. The van der Waals surface area contributed by atoms with E-state index in [-0.39, 0.29) is 62.9 Å². The van der Waals surface area contributed by atoms with Crippen molar-refractivity contribution in [1.82, 2.24) is 0 Å². The molecule has 0 aliphatic rings. The van der Waals surface area contributed by atoms with Gasteiger partial charge < -0.3 is 0 Å². The molecule has 0 atom stereocenters. The van der Waals surface area contributed by atoms with Crippen molar-refractivity contribution in [2.75, 3.05) is 0 Å². The van der Waals surface area contributed by atoms with E-state index in [1.807, 2.05) is 0 Å². The van der Waals surface area contributed by atoms with Crippen LogP contribution in [0.5, 0.6) is 0 Å². The summed E-state index contributed by atoms with van der Waals surface area (Å²) in [5.41, 5.74) is 0. The molecule has 1 nitrogen and oxygen atoms in total. The van der Waals surface area contributed by atoms with Crippen LogP contribution in [0.15, 0.2) is 0 Å². The third-order valence-electron chi connectivity index (χ3n) is 0. The van der Waals surface area contributed by atoms with E-state index < -0.39 is 0 Å². The molecule has 0 fully saturated rings. The number of rotatable bonds is 0. The summed E-state index contributed by atoms with van der Waals surface area (Å²) in [6.07, 6.45) is 0. The molecule has 0 unspecified atom stereocenters. The first-order valence-corrected chi connectivity index (χ1v) is 0.842. The third kappa shape index (κ3) is 8.82. The molecule has 3 radical (unpaired) electrons. The second kappa shape index (κ2) is 17.4. The Kier molecular flexibility index (Phi) is 69.6. The molecule has 4 heavy (non-hydrogen) atoms. The van der Waals surface area contributed by atoms with Gasteiger partial charge in [-0.2, -0.15) is 0 Å². The van der Waals surface area contributed by atoms with Gasteiger partial charge in [0.05, 0.1) is 0 Å². The van der Waals surface area contributed by atoms with E-state index in [4.69, 9.17) is 3.32 Å². The summed E-state index contributed by atoms with van der Waals surface area (Å²) in [5, 5.41) is 0. The van der Waals surface area contributed by atoms with Crippen LogP contribution >= 0.6 is 0 Å². The van der Waals surface area contributed by atoms with Gasteiger partial charge in [-0.3, -0.25) is 0 Å². The van der Waals surface area contributed by atoms with Crippen LogP contribution in [0.25, 0.3) is 0 Å². The molecule has 4 heteroatoms. The van der Waals surface area contributed by atoms with Crippen molar-refractivity contribution in [3.8, 4) is 0 Å². The molecule has 0 heterocycles. The average molecular weight is 412 g/mol. The molecule has 0 amide bonds. The van der Waals surface area contributed by atoms with Crippen molar-refractivity contribution in [3.63, 3.8) is 0 Å². The Morgan fingerprint density at radius 3 is 1.25 bits per heavy atom. The fourth-order valence-corrected chi connectivity index (χ4v) is 0. The quantitative estimate of drug-likeness (QED) is 0.465. The predicted molar refractivity (Wildman–Crippen MR) is 9.23 cm³/mol. The van der Waals surface area contributed by atoms with Crippen molar-refractivity contribution in [2.45, 2.75) is 0 Å². The molecule has 0 rings (SSSR count). The van der Waals surface area contributed by atoms with Crippen LogP contribution in [-0.2, 0) is 23.7 Å². The maximum atomic E-state index is 8.25. The standard InChI is InChI=1S/La.O.Pb.Ti.2H. The SMILES string of the molecule is [La].[O]=[Ti].[PbH2]. The zero-order chi connectivity index (χ0) is 2.00. The first kappa shape index (κ1) is 15.9. The molecule has 0 aliphatic heterocycles. The van der Waals surface area contributed by atoms with Crippen LogP contribution in [0.1, 0.15) is 0 Å². The first-order valence-electron chi connectivity index (χ1n) is 0.204. The Hall–Kier alpha value is 2.63. The molecular weight excluding hydrogens is 410 g/mol. The van der Waals surface area contributed by atoms with Crippen molar-refractivity contribution < 1.29 is 59.3 Å². The van der Waals surface area contributed by atoms with Crippen LogP contribution in [0.2, 0.25) is 0 Å². The van der Waals surface area contributed by atoms with Crippen molar-refractivity contribution in [1.29, 1.82) is 0 Å². The molecule has 0 aliphatic carbocycles. The van der Waals surface area contributed by atoms with Crippen molar-refractivity contribution in [2.24, 2.45) is 0 Å². The molecular formula is H2LaOPbTi. The molecule has 0 spiro atoms. The van der Waals surface area contributed by atoms with Crippen molar-refractivity contribution in [3.05, 3.63) is 0 Å². The van der Waals surface area contributed by atoms with Crippen LogP contribution in [0.3, 0.4) is 0 Å². The van der Waals surface area contributed by atoms with E-state index >= 15 is 0 Å². The van der Waals surface area contributed by atoms with Crippen LogP contribution in [0, 0.1) is 35.6 Å². The zero-order valence-corrected chi connectivity index (χ0v) is 12.9. The Balaban J connectivity index is -0.00000000500. The summed E-state index contributed by atoms with van der Waals surface area (Å²) >= 11 is 0.750. The van der Waals surface area contributed by atoms with Gasteiger partial charge in [-0.05, 0) is 0 Å².